The fraction of sp³-hybridized carbons (Fsp3) is 0.903. The third-order valence-corrected chi connectivity index (χ3v) is 15.0. The Kier molecular flexibility index (Phi) is 53.1. The summed E-state index contributed by atoms with van der Waals surface area (Å²) in [4.78, 5) is 35.7. The summed E-state index contributed by atoms with van der Waals surface area (Å²) in [6.45, 7) is 4.48. The number of esters is 2. The maximum absolute atomic E-state index is 12.8. The Bertz CT molecular complexity index is 1270. The number of carbonyl (C=O) groups is 2. The zero-order chi connectivity index (χ0) is 52.7. The van der Waals surface area contributed by atoms with Gasteiger partial charge in [-0.2, -0.15) is 0 Å². The smallest absolute Gasteiger partial charge is 0.462 e. The number of hydrogen-bond acceptors (Lipinski definition) is 7. The van der Waals surface area contributed by atoms with Crippen LogP contribution < -0.4 is 0 Å². The molecule has 0 spiro atoms. The highest BCUT2D eigenvalue weighted by Crippen LogP contribution is 2.43. The van der Waals surface area contributed by atoms with Crippen LogP contribution in [0.4, 0.5) is 0 Å². The Morgan fingerprint density at radius 3 is 1.10 bits per heavy atom. The van der Waals surface area contributed by atoms with Crippen LogP contribution in [0.3, 0.4) is 0 Å². The molecule has 0 saturated carbocycles. The summed E-state index contributed by atoms with van der Waals surface area (Å²) in [6, 6.07) is 0. The summed E-state index contributed by atoms with van der Waals surface area (Å²) < 4.78 is 34.6. The molecule has 2 atom stereocenters. The standard InChI is InChI=1S/C62H120NO8P/c1-6-8-10-12-14-16-18-20-22-24-26-28-30-31-33-34-36-38-40-42-44-46-48-50-52-54-61(64)68-58-60(59-70-72(66,67)69-57-56-63(3,4)5)71-62(65)55-53-51-49-47-45-43-41-39-37-35-32-29-27-25-23-21-19-17-15-13-11-9-7-2/h19,21,25,27,60H,6-18,20,22-24,26,28-59H2,1-5H3/p+1/b21-19-,27-25-. The lowest BCUT2D eigenvalue weighted by atomic mass is 10.0. The van der Waals surface area contributed by atoms with Crippen molar-refractivity contribution in [2.75, 3.05) is 47.5 Å². The quantitative estimate of drug-likeness (QED) is 0.0211. The van der Waals surface area contributed by atoms with Crippen molar-refractivity contribution in [2.24, 2.45) is 0 Å². The molecule has 0 aliphatic heterocycles. The molecule has 2 unspecified atom stereocenters. The lowest BCUT2D eigenvalue weighted by molar-refractivity contribution is -0.870. The molecule has 0 aromatic carbocycles. The van der Waals surface area contributed by atoms with Gasteiger partial charge in [0.25, 0.3) is 0 Å². The molecule has 426 valence electrons. The molecule has 0 aromatic rings. The molecule has 0 aliphatic carbocycles. The normalized spacial score (nSPS) is 13.4. The molecular weight excluding hydrogens is 918 g/mol. The lowest BCUT2D eigenvalue weighted by Gasteiger charge is -2.24. The second-order valence-corrected chi connectivity index (χ2v) is 23.9. The number of ether oxygens (including phenoxy) is 2. The molecule has 0 saturated heterocycles. The number of carbonyl (C=O) groups excluding carboxylic acids is 2. The number of allylic oxidation sites excluding steroid dienone is 4. The summed E-state index contributed by atoms with van der Waals surface area (Å²) in [5, 5.41) is 0. The minimum Gasteiger partial charge on any atom is -0.462 e. The Balaban J connectivity index is 4.09. The summed E-state index contributed by atoms with van der Waals surface area (Å²) in [7, 11) is 1.49. The predicted octanol–water partition coefficient (Wildman–Crippen LogP) is 19.4. The van der Waals surface area contributed by atoms with Crippen LogP contribution in [0, 0.1) is 0 Å². The van der Waals surface area contributed by atoms with E-state index in [1.54, 1.807) is 0 Å². The van der Waals surface area contributed by atoms with E-state index in [4.69, 9.17) is 18.5 Å². The first kappa shape index (κ1) is 70.5. The van der Waals surface area contributed by atoms with E-state index in [9.17, 15) is 19.0 Å². The van der Waals surface area contributed by atoms with Gasteiger partial charge in [-0.1, -0.05) is 276 Å². The molecule has 0 aliphatic rings. The van der Waals surface area contributed by atoms with Gasteiger partial charge in [0.15, 0.2) is 6.10 Å². The lowest BCUT2D eigenvalue weighted by Crippen LogP contribution is -2.37. The molecular formula is C62H121NO8P+. The van der Waals surface area contributed by atoms with Gasteiger partial charge in [0, 0.05) is 12.8 Å². The maximum atomic E-state index is 12.8. The molecule has 0 amide bonds. The molecule has 0 fully saturated rings. The number of rotatable bonds is 58. The Morgan fingerprint density at radius 1 is 0.431 bits per heavy atom. The first-order valence-corrected chi connectivity index (χ1v) is 32.6. The third-order valence-electron chi connectivity index (χ3n) is 14.0. The number of quaternary nitrogens is 1. The number of nitrogens with zero attached hydrogens (tertiary/aromatic N) is 1. The zero-order valence-corrected chi connectivity index (χ0v) is 49.3. The monoisotopic (exact) mass is 1040 g/mol. The molecule has 1 N–H and O–H groups in total. The Morgan fingerprint density at radius 2 is 0.750 bits per heavy atom. The molecule has 0 bridgehead atoms. The highest BCUT2D eigenvalue weighted by Gasteiger charge is 2.27. The molecule has 9 nitrogen and oxygen atoms in total. The van der Waals surface area contributed by atoms with E-state index in [1.807, 2.05) is 21.1 Å². The Labute approximate surface area is 447 Å². The van der Waals surface area contributed by atoms with Crippen molar-refractivity contribution in [3.8, 4) is 0 Å². The van der Waals surface area contributed by atoms with Gasteiger partial charge in [-0.05, 0) is 44.9 Å². The SMILES string of the molecule is CCCCCCC/C=C\C/C=C\CCCCCCCCCCCCCC(=O)OC(COC(=O)CCCCCCCCCCCCCCCCCCCCCCCCCCC)COP(=O)(O)OCC[N+](C)(C)C. The van der Waals surface area contributed by atoms with Crippen molar-refractivity contribution in [3.63, 3.8) is 0 Å². The van der Waals surface area contributed by atoms with Crippen LogP contribution in [0.1, 0.15) is 309 Å². The van der Waals surface area contributed by atoms with Gasteiger partial charge in [-0.3, -0.25) is 18.6 Å². The van der Waals surface area contributed by atoms with Crippen molar-refractivity contribution in [1.82, 2.24) is 0 Å². The van der Waals surface area contributed by atoms with Gasteiger partial charge < -0.3 is 18.9 Å². The maximum Gasteiger partial charge on any atom is 0.472 e. The first-order chi connectivity index (χ1) is 35.0. The number of phosphoric ester groups is 1. The van der Waals surface area contributed by atoms with Crippen LogP contribution in [0.5, 0.6) is 0 Å². The number of likely N-dealkylation sites (N-methyl/N-ethyl adjacent to an activating group) is 1. The fourth-order valence-corrected chi connectivity index (χ4v) is 9.91. The molecule has 0 radical (unpaired) electrons. The van der Waals surface area contributed by atoms with Crippen LogP contribution >= 0.6 is 7.82 Å². The number of unbranched alkanes of at least 4 members (excludes halogenated alkanes) is 40. The van der Waals surface area contributed by atoms with Crippen LogP contribution in [-0.2, 0) is 32.7 Å². The summed E-state index contributed by atoms with van der Waals surface area (Å²) in [6.07, 6.45) is 65.4. The summed E-state index contributed by atoms with van der Waals surface area (Å²) in [5.41, 5.74) is 0. The van der Waals surface area contributed by atoms with Crippen molar-refractivity contribution in [1.29, 1.82) is 0 Å². The van der Waals surface area contributed by atoms with Gasteiger partial charge in [-0.15, -0.1) is 0 Å². The van der Waals surface area contributed by atoms with E-state index in [0.29, 0.717) is 23.9 Å². The van der Waals surface area contributed by atoms with Crippen molar-refractivity contribution in [2.45, 2.75) is 315 Å². The van der Waals surface area contributed by atoms with Crippen LogP contribution in [0.25, 0.3) is 0 Å². The van der Waals surface area contributed by atoms with Gasteiger partial charge in [0.2, 0.25) is 0 Å². The molecule has 0 heterocycles. The largest absolute Gasteiger partial charge is 0.472 e. The number of hydrogen-bond donors (Lipinski definition) is 1. The highest BCUT2D eigenvalue weighted by molar-refractivity contribution is 7.47. The van der Waals surface area contributed by atoms with E-state index in [0.717, 1.165) is 38.5 Å². The highest BCUT2D eigenvalue weighted by atomic mass is 31.2. The second kappa shape index (κ2) is 54.3. The molecule has 0 rings (SSSR count). The molecule has 10 heteroatoms. The van der Waals surface area contributed by atoms with Gasteiger partial charge in [-0.25, -0.2) is 4.57 Å². The van der Waals surface area contributed by atoms with E-state index in [2.05, 4.69) is 38.2 Å². The topological polar surface area (TPSA) is 108 Å². The average molecular weight is 1040 g/mol. The van der Waals surface area contributed by atoms with Crippen molar-refractivity contribution < 1.29 is 42.1 Å². The zero-order valence-electron chi connectivity index (χ0n) is 48.4. The van der Waals surface area contributed by atoms with E-state index in [1.165, 1.54) is 238 Å². The minimum absolute atomic E-state index is 0.0340. The average Bonchev–Trinajstić information content (AvgIpc) is 3.34. The third kappa shape index (κ3) is 57.8. The molecule has 72 heavy (non-hydrogen) atoms. The van der Waals surface area contributed by atoms with E-state index in [-0.39, 0.29) is 25.6 Å². The fourth-order valence-electron chi connectivity index (χ4n) is 9.17. The predicted molar refractivity (Wildman–Crippen MR) is 307 cm³/mol. The Hall–Kier alpha value is -1.51. The van der Waals surface area contributed by atoms with E-state index < -0.39 is 26.5 Å². The van der Waals surface area contributed by atoms with Crippen LogP contribution in [-0.4, -0.2) is 74.9 Å². The van der Waals surface area contributed by atoms with Crippen molar-refractivity contribution in [3.05, 3.63) is 24.3 Å². The summed E-state index contributed by atoms with van der Waals surface area (Å²) >= 11 is 0. The minimum atomic E-state index is -4.38. The van der Waals surface area contributed by atoms with Crippen LogP contribution in [0.2, 0.25) is 0 Å². The number of phosphoric acid groups is 1. The van der Waals surface area contributed by atoms with Crippen molar-refractivity contribution >= 4 is 19.8 Å². The second-order valence-electron chi connectivity index (χ2n) is 22.5. The van der Waals surface area contributed by atoms with Gasteiger partial charge in [0.1, 0.15) is 19.8 Å². The first-order valence-electron chi connectivity index (χ1n) is 31.1. The molecule has 0 aromatic heterocycles. The van der Waals surface area contributed by atoms with Crippen LogP contribution in [0.15, 0.2) is 24.3 Å². The van der Waals surface area contributed by atoms with Gasteiger partial charge in [0.05, 0.1) is 27.7 Å². The summed E-state index contributed by atoms with van der Waals surface area (Å²) in [5.74, 6) is -0.781. The van der Waals surface area contributed by atoms with Gasteiger partial charge >= 0.3 is 19.8 Å². The van der Waals surface area contributed by atoms with E-state index >= 15 is 0 Å².